The highest BCUT2D eigenvalue weighted by Gasteiger charge is 2.20. The lowest BCUT2D eigenvalue weighted by atomic mass is 10.2. The molecule has 10 heteroatoms. The van der Waals surface area contributed by atoms with E-state index in [9.17, 15) is 13.2 Å². The number of halogens is 2. The number of nitrogens with one attached hydrogen (secondary N) is 2. The van der Waals surface area contributed by atoms with Crippen molar-refractivity contribution in [3.05, 3.63) is 76.3 Å². The van der Waals surface area contributed by atoms with Crippen molar-refractivity contribution in [3.63, 3.8) is 0 Å². The van der Waals surface area contributed by atoms with E-state index in [4.69, 9.17) is 32.7 Å². The summed E-state index contributed by atoms with van der Waals surface area (Å²) >= 11 is 12.0. The Morgan fingerprint density at radius 3 is 2.34 bits per heavy atom. The Balaban J connectivity index is 1.95. The van der Waals surface area contributed by atoms with Crippen LogP contribution in [-0.4, -0.2) is 28.0 Å². The maximum atomic E-state index is 13.0. The standard InChI is InChI=1S/C22H20Cl2N2O5S/c1-3-31-21-10-8-17(13-18(21)25-22(27)14-5-4-6-15(23)11-14)32(28,29)26-19-12-16(24)7-9-20(19)30-2/h4-13,26H,3H2,1-2H3,(H,25,27). The fraction of sp³-hybridized carbons (Fsp3) is 0.136. The van der Waals surface area contributed by atoms with Gasteiger partial charge in [0, 0.05) is 15.6 Å². The van der Waals surface area contributed by atoms with E-state index >= 15 is 0 Å². The molecule has 0 radical (unpaired) electrons. The van der Waals surface area contributed by atoms with E-state index in [1.807, 2.05) is 0 Å². The molecule has 0 bridgehead atoms. The Bertz CT molecular complexity index is 1250. The van der Waals surface area contributed by atoms with Crippen LogP contribution in [0.3, 0.4) is 0 Å². The number of benzene rings is 3. The van der Waals surface area contributed by atoms with Crippen molar-refractivity contribution in [3.8, 4) is 11.5 Å². The van der Waals surface area contributed by atoms with Gasteiger partial charge in [-0.2, -0.15) is 0 Å². The second kappa shape index (κ2) is 10.1. The smallest absolute Gasteiger partial charge is 0.262 e. The normalized spacial score (nSPS) is 11.0. The van der Waals surface area contributed by atoms with Crippen molar-refractivity contribution in [2.45, 2.75) is 11.8 Å². The SMILES string of the molecule is CCOc1ccc(S(=O)(=O)Nc2cc(Cl)ccc2OC)cc1NC(=O)c1cccc(Cl)c1. The van der Waals surface area contributed by atoms with Crippen molar-refractivity contribution in [1.29, 1.82) is 0 Å². The number of carbonyl (C=O) groups excluding carboxylic acids is 1. The van der Waals surface area contributed by atoms with Crippen LogP contribution in [0.1, 0.15) is 17.3 Å². The molecule has 0 atom stereocenters. The lowest BCUT2D eigenvalue weighted by Crippen LogP contribution is -2.16. The number of anilines is 2. The second-order valence-electron chi connectivity index (χ2n) is 6.51. The van der Waals surface area contributed by atoms with E-state index in [2.05, 4.69) is 10.0 Å². The number of hydrogen-bond acceptors (Lipinski definition) is 5. The third-order valence-corrected chi connectivity index (χ3v) is 6.14. The van der Waals surface area contributed by atoms with Gasteiger partial charge in [0.2, 0.25) is 0 Å². The van der Waals surface area contributed by atoms with Crippen LogP contribution in [0, 0.1) is 0 Å². The lowest BCUT2D eigenvalue weighted by Gasteiger charge is -2.15. The zero-order valence-corrected chi connectivity index (χ0v) is 19.5. The summed E-state index contributed by atoms with van der Waals surface area (Å²) in [7, 11) is -2.62. The Morgan fingerprint density at radius 1 is 0.938 bits per heavy atom. The molecule has 3 rings (SSSR count). The Labute approximate surface area is 196 Å². The summed E-state index contributed by atoms with van der Waals surface area (Å²) in [6.07, 6.45) is 0. The van der Waals surface area contributed by atoms with Gasteiger partial charge in [-0.3, -0.25) is 9.52 Å². The molecule has 0 aliphatic carbocycles. The first-order chi connectivity index (χ1) is 15.2. The van der Waals surface area contributed by atoms with Crippen LogP contribution >= 0.6 is 23.2 Å². The number of sulfonamides is 1. The maximum Gasteiger partial charge on any atom is 0.262 e. The molecule has 0 aromatic heterocycles. The molecule has 3 aromatic rings. The van der Waals surface area contributed by atoms with Crippen molar-refractivity contribution < 1.29 is 22.7 Å². The monoisotopic (exact) mass is 494 g/mol. The Kier molecular flexibility index (Phi) is 7.50. The zero-order chi connectivity index (χ0) is 23.3. The first kappa shape index (κ1) is 23.7. The first-order valence-electron chi connectivity index (χ1n) is 9.43. The van der Waals surface area contributed by atoms with Crippen molar-refractivity contribution >= 4 is 50.5 Å². The molecule has 7 nitrogen and oxygen atoms in total. The average Bonchev–Trinajstić information content (AvgIpc) is 2.75. The minimum atomic E-state index is -4.04. The summed E-state index contributed by atoms with van der Waals surface area (Å²) in [6, 6.07) is 15.1. The molecule has 0 aliphatic rings. The largest absolute Gasteiger partial charge is 0.495 e. The molecule has 3 aromatic carbocycles. The lowest BCUT2D eigenvalue weighted by molar-refractivity contribution is 0.102. The molecule has 0 saturated carbocycles. The number of amides is 1. The fourth-order valence-corrected chi connectivity index (χ4v) is 4.29. The summed E-state index contributed by atoms with van der Waals surface area (Å²) in [5.41, 5.74) is 0.686. The van der Waals surface area contributed by atoms with Crippen LogP contribution in [0.5, 0.6) is 11.5 Å². The number of hydrogen-bond donors (Lipinski definition) is 2. The van der Waals surface area contributed by atoms with Crippen molar-refractivity contribution in [2.75, 3.05) is 23.8 Å². The van der Waals surface area contributed by atoms with E-state index in [-0.39, 0.29) is 16.3 Å². The highest BCUT2D eigenvalue weighted by molar-refractivity contribution is 7.92. The third-order valence-electron chi connectivity index (χ3n) is 4.30. The average molecular weight is 495 g/mol. The van der Waals surface area contributed by atoms with Crippen LogP contribution in [-0.2, 0) is 10.0 Å². The molecule has 0 aliphatic heterocycles. The summed E-state index contributed by atoms with van der Waals surface area (Å²) in [4.78, 5) is 12.6. The van der Waals surface area contributed by atoms with E-state index < -0.39 is 15.9 Å². The van der Waals surface area contributed by atoms with Gasteiger partial charge in [-0.05, 0) is 61.5 Å². The highest BCUT2D eigenvalue weighted by Crippen LogP contribution is 2.32. The zero-order valence-electron chi connectivity index (χ0n) is 17.2. The van der Waals surface area contributed by atoms with Gasteiger partial charge in [0.1, 0.15) is 11.5 Å². The summed E-state index contributed by atoms with van der Waals surface area (Å²) in [5, 5.41) is 3.43. The molecule has 0 spiro atoms. The molecule has 0 saturated heterocycles. The van der Waals surface area contributed by atoms with Crippen molar-refractivity contribution in [1.82, 2.24) is 0 Å². The summed E-state index contributed by atoms with van der Waals surface area (Å²) < 4.78 is 39.2. The van der Waals surface area contributed by atoms with Gasteiger partial charge in [-0.15, -0.1) is 0 Å². The number of ether oxygens (including phenoxy) is 2. The molecule has 0 unspecified atom stereocenters. The quantitative estimate of drug-likeness (QED) is 0.433. The first-order valence-corrected chi connectivity index (χ1v) is 11.7. The molecular weight excluding hydrogens is 475 g/mol. The second-order valence-corrected chi connectivity index (χ2v) is 9.06. The molecule has 168 valence electrons. The number of methoxy groups -OCH3 is 1. The topological polar surface area (TPSA) is 93.7 Å². The maximum absolute atomic E-state index is 13.0. The van der Waals surface area contributed by atoms with E-state index in [0.717, 1.165) is 0 Å². The van der Waals surface area contributed by atoms with Gasteiger partial charge in [0.15, 0.2) is 0 Å². The van der Waals surface area contributed by atoms with Gasteiger partial charge >= 0.3 is 0 Å². The molecule has 32 heavy (non-hydrogen) atoms. The van der Waals surface area contributed by atoms with Crippen LogP contribution in [0.4, 0.5) is 11.4 Å². The number of carbonyl (C=O) groups is 1. The van der Waals surface area contributed by atoms with Gasteiger partial charge < -0.3 is 14.8 Å². The third kappa shape index (κ3) is 5.64. The molecule has 0 fully saturated rings. The van der Waals surface area contributed by atoms with Crippen LogP contribution in [0.2, 0.25) is 10.0 Å². The van der Waals surface area contributed by atoms with Gasteiger partial charge in [0.25, 0.3) is 15.9 Å². The minimum Gasteiger partial charge on any atom is -0.495 e. The predicted molar refractivity (Wildman–Crippen MR) is 126 cm³/mol. The van der Waals surface area contributed by atoms with E-state index in [0.29, 0.717) is 33.7 Å². The van der Waals surface area contributed by atoms with Crippen LogP contribution < -0.4 is 19.5 Å². The van der Waals surface area contributed by atoms with E-state index in [1.165, 1.54) is 37.4 Å². The summed E-state index contributed by atoms with van der Waals surface area (Å²) in [6.45, 7) is 2.10. The predicted octanol–water partition coefficient (Wildman–Crippen LogP) is 5.45. The minimum absolute atomic E-state index is 0.0932. The molecule has 2 N–H and O–H groups in total. The van der Waals surface area contributed by atoms with Crippen molar-refractivity contribution in [2.24, 2.45) is 0 Å². The Hall–Kier alpha value is -2.94. The van der Waals surface area contributed by atoms with Gasteiger partial charge in [0.05, 0.1) is 30.0 Å². The number of rotatable bonds is 8. The van der Waals surface area contributed by atoms with Crippen LogP contribution in [0.25, 0.3) is 0 Å². The van der Waals surface area contributed by atoms with Gasteiger partial charge in [-0.1, -0.05) is 29.3 Å². The summed E-state index contributed by atoms with van der Waals surface area (Å²) in [5.74, 6) is 0.160. The van der Waals surface area contributed by atoms with Gasteiger partial charge in [-0.25, -0.2) is 8.42 Å². The molecule has 0 heterocycles. The van der Waals surface area contributed by atoms with E-state index in [1.54, 1.807) is 37.3 Å². The molecule has 1 amide bonds. The Morgan fingerprint density at radius 2 is 1.66 bits per heavy atom. The fourth-order valence-electron chi connectivity index (χ4n) is 2.84. The van der Waals surface area contributed by atoms with Crippen LogP contribution in [0.15, 0.2) is 65.6 Å². The highest BCUT2D eigenvalue weighted by atomic mass is 35.5. The molecular formula is C22H20Cl2N2O5S.